The maximum absolute atomic E-state index is 12.7. The van der Waals surface area contributed by atoms with Gasteiger partial charge in [0.1, 0.15) is 5.82 Å². The van der Waals surface area contributed by atoms with Crippen LogP contribution in [0.2, 0.25) is 5.28 Å². The Morgan fingerprint density at radius 3 is 2.65 bits per heavy atom. The second-order valence-electron chi connectivity index (χ2n) is 3.19. The summed E-state index contributed by atoms with van der Waals surface area (Å²) in [4.78, 5) is 7.78. The van der Waals surface area contributed by atoms with Gasteiger partial charge in [0, 0.05) is 5.69 Å². The molecule has 1 N–H and O–H groups in total. The lowest BCUT2D eigenvalue weighted by molar-refractivity contribution is 0.413. The standard InChI is InChI=1S/C11H9ClFN3O/c1-17-9-6-14-11(12)16-10(9)15-8-4-2-7(13)3-5-8/h2-6H,1H3,(H,14,15,16). The molecule has 17 heavy (non-hydrogen) atoms. The molecule has 1 aromatic heterocycles. The molecule has 1 heterocycles. The molecule has 0 saturated carbocycles. The molecule has 0 aliphatic heterocycles. The zero-order valence-corrected chi connectivity index (χ0v) is 9.70. The second kappa shape index (κ2) is 4.97. The lowest BCUT2D eigenvalue weighted by atomic mass is 10.3. The van der Waals surface area contributed by atoms with Gasteiger partial charge in [-0.15, -0.1) is 0 Å². The van der Waals surface area contributed by atoms with Crippen molar-refractivity contribution in [2.45, 2.75) is 0 Å². The molecule has 1 aromatic carbocycles. The zero-order chi connectivity index (χ0) is 12.3. The normalized spacial score (nSPS) is 10.1. The molecule has 0 aliphatic rings. The number of nitrogens with zero attached hydrogens (tertiary/aromatic N) is 2. The zero-order valence-electron chi connectivity index (χ0n) is 8.95. The number of halogens is 2. The molecule has 0 atom stereocenters. The second-order valence-corrected chi connectivity index (χ2v) is 3.53. The molecular formula is C11H9ClFN3O. The summed E-state index contributed by atoms with van der Waals surface area (Å²) < 4.78 is 17.8. The number of ether oxygens (including phenoxy) is 1. The highest BCUT2D eigenvalue weighted by molar-refractivity contribution is 6.28. The number of anilines is 2. The fraction of sp³-hybridized carbons (Fsp3) is 0.0909. The van der Waals surface area contributed by atoms with Crippen LogP contribution in [0.15, 0.2) is 30.5 Å². The minimum Gasteiger partial charge on any atom is -0.491 e. The molecule has 0 aliphatic carbocycles. The van der Waals surface area contributed by atoms with Crippen LogP contribution in [-0.4, -0.2) is 17.1 Å². The van der Waals surface area contributed by atoms with Crippen molar-refractivity contribution in [1.82, 2.24) is 9.97 Å². The van der Waals surface area contributed by atoms with Crippen LogP contribution in [0.3, 0.4) is 0 Å². The van der Waals surface area contributed by atoms with E-state index >= 15 is 0 Å². The first-order valence-corrected chi connectivity index (χ1v) is 5.16. The molecule has 0 saturated heterocycles. The van der Waals surface area contributed by atoms with Gasteiger partial charge in [0.25, 0.3) is 0 Å². The van der Waals surface area contributed by atoms with E-state index in [0.29, 0.717) is 17.3 Å². The van der Waals surface area contributed by atoms with Crippen LogP contribution < -0.4 is 10.1 Å². The van der Waals surface area contributed by atoms with Gasteiger partial charge in [-0.25, -0.2) is 9.37 Å². The molecule has 0 unspecified atom stereocenters. The molecule has 0 amide bonds. The smallest absolute Gasteiger partial charge is 0.224 e. The SMILES string of the molecule is COc1cnc(Cl)nc1Nc1ccc(F)cc1. The first-order chi connectivity index (χ1) is 8.19. The number of hydrogen-bond acceptors (Lipinski definition) is 4. The van der Waals surface area contributed by atoms with Gasteiger partial charge in [0.05, 0.1) is 13.3 Å². The summed E-state index contributed by atoms with van der Waals surface area (Å²) in [7, 11) is 1.50. The molecule has 0 spiro atoms. The van der Waals surface area contributed by atoms with Crippen molar-refractivity contribution in [3.63, 3.8) is 0 Å². The topological polar surface area (TPSA) is 47.0 Å². The molecule has 4 nitrogen and oxygen atoms in total. The molecular weight excluding hydrogens is 245 g/mol. The fourth-order valence-corrected chi connectivity index (χ4v) is 1.39. The van der Waals surface area contributed by atoms with Crippen LogP contribution in [0.5, 0.6) is 5.75 Å². The third kappa shape index (κ3) is 2.82. The third-order valence-electron chi connectivity index (χ3n) is 2.05. The van der Waals surface area contributed by atoms with Gasteiger partial charge in [-0.1, -0.05) is 0 Å². The van der Waals surface area contributed by atoms with Crippen LogP contribution in [0.25, 0.3) is 0 Å². The van der Waals surface area contributed by atoms with Gasteiger partial charge < -0.3 is 10.1 Å². The van der Waals surface area contributed by atoms with Gasteiger partial charge in [0.2, 0.25) is 5.28 Å². The Labute approximate surface area is 102 Å². The number of aromatic nitrogens is 2. The van der Waals surface area contributed by atoms with Crippen LogP contribution >= 0.6 is 11.6 Å². The Hall–Kier alpha value is -1.88. The van der Waals surface area contributed by atoms with Gasteiger partial charge in [-0.05, 0) is 35.9 Å². The van der Waals surface area contributed by atoms with Crippen molar-refractivity contribution in [3.05, 3.63) is 41.6 Å². The lowest BCUT2D eigenvalue weighted by Gasteiger charge is -2.09. The lowest BCUT2D eigenvalue weighted by Crippen LogP contribution is -1.99. The molecule has 2 aromatic rings. The summed E-state index contributed by atoms with van der Waals surface area (Å²) in [6.45, 7) is 0. The average Bonchev–Trinajstić information content (AvgIpc) is 2.32. The summed E-state index contributed by atoms with van der Waals surface area (Å²) in [5.74, 6) is 0.584. The number of methoxy groups -OCH3 is 1. The van der Waals surface area contributed by atoms with Crippen LogP contribution in [-0.2, 0) is 0 Å². The van der Waals surface area contributed by atoms with E-state index < -0.39 is 0 Å². The van der Waals surface area contributed by atoms with Gasteiger partial charge in [-0.2, -0.15) is 4.98 Å². The van der Waals surface area contributed by atoms with E-state index in [1.807, 2.05) is 0 Å². The van der Waals surface area contributed by atoms with E-state index in [-0.39, 0.29) is 11.1 Å². The number of nitrogens with one attached hydrogen (secondary N) is 1. The molecule has 0 bridgehead atoms. The van der Waals surface area contributed by atoms with Crippen LogP contribution in [0.4, 0.5) is 15.9 Å². The molecule has 0 fully saturated rings. The third-order valence-corrected chi connectivity index (χ3v) is 2.23. The molecule has 0 radical (unpaired) electrons. The summed E-state index contributed by atoms with van der Waals surface area (Å²) in [5, 5.41) is 3.07. The summed E-state index contributed by atoms with van der Waals surface area (Å²) in [6.07, 6.45) is 1.46. The van der Waals surface area contributed by atoms with Gasteiger partial charge in [-0.3, -0.25) is 0 Å². The number of rotatable bonds is 3. The Morgan fingerprint density at radius 1 is 1.29 bits per heavy atom. The summed E-state index contributed by atoms with van der Waals surface area (Å²) in [6, 6.07) is 5.87. The predicted octanol–water partition coefficient (Wildman–Crippen LogP) is 3.02. The Kier molecular flexibility index (Phi) is 3.39. The highest BCUT2D eigenvalue weighted by Crippen LogP contribution is 2.25. The minimum absolute atomic E-state index is 0.107. The van der Waals surface area contributed by atoms with E-state index in [1.54, 1.807) is 12.1 Å². The van der Waals surface area contributed by atoms with E-state index in [0.717, 1.165) is 0 Å². The van der Waals surface area contributed by atoms with Crippen LogP contribution in [0.1, 0.15) is 0 Å². The van der Waals surface area contributed by atoms with Gasteiger partial charge in [0.15, 0.2) is 11.6 Å². The van der Waals surface area contributed by atoms with Crippen molar-refractivity contribution in [1.29, 1.82) is 0 Å². The van der Waals surface area contributed by atoms with Crippen molar-refractivity contribution in [2.24, 2.45) is 0 Å². The maximum Gasteiger partial charge on any atom is 0.224 e. The Morgan fingerprint density at radius 2 is 2.00 bits per heavy atom. The first-order valence-electron chi connectivity index (χ1n) is 4.78. The highest BCUT2D eigenvalue weighted by atomic mass is 35.5. The molecule has 88 valence electrons. The fourth-order valence-electron chi connectivity index (χ4n) is 1.26. The maximum atomic E-state index is 12.7. The van der Waals surface area contributed by atoms with E-state index in [1.165, 1.54) is 25.4 Å². The largest absolute Gasteiger partial charge is 0.491 e. The first kappa shape index (κ1) is 11.6. The predicted molar refractivity (Wildman–Crippen MR) is 63.3 cm³/mol. The Balaban J connectivity index is 2.28. The summed E-state index contributed by atoms with van der Waals surface area (Å²) in [5.41, 5.74) is 0.680. The van der Waals surface area contributed by atoms with E-state index in [2.05, 4.69) is 15.3 Å². The van der Waals surface area contributed by atoms with Crippen molar-refractivity contribution in [2.75, 3.05) is 12.4 Å². The minimum atomic E-state index is -0.303. The number of benzene rings is 1. The average molecular weight is 254 g/mol. The van der Waals surface area contributed by atoms with Gasteiger partial charge >= 0.3 is 0 Å². The monoisotopic (exact) mass is 253 g/mol. The number of hydrogen-bond donors (Lipinski definition) is 1. The Bertz CT molecular complexity index is 519. The quantitative estimate of drug-likeness (QED) is 0.854. The van der Waals surface area contributed by atoms with Crippen LogP contribution in [0, 0.1) is 5.82 Å². The van der Waals surface area contributed by atoms with Crippen molar-refractivity contribution < 1.29 is 9.13 Å². The van der Waals surface area contributed by atoms with Crippen molar-refractivity contribution in [3.8, 4) is 5.75 Å². The molecule has 6 heteroatoms. The summed E-state index contributed by atoms with van der Waals surface area (Å²) >= 11 is 5.69. The molecule has 2 rings (SSSR count). The van der Waals surface area contributed by atoms with E-state index in [4.69, 9.17) is 16.3 Å². The van der Waals surface area contributed by atoms with E-state index in [9.17, 15) is 4.39 Å². The highest BCUT2D eigenvalue weighted by Gasteiger charge is 2.06. The van der Waals surface area contributed by atoms with Crippen molar-refractivity contribution >= 4 is 23.1 Å².